The van der Waals surface area contributed by atoms with Crippen molar-refractivity contribution in [2.45, 2.75) is 11.7 Å². The van der Waals surface area contributed by atoms with Gasteiger partial charge >= 0.3 is 12.2 Å². The zero-order chi connectivity index (χ0) is 11.8. The topological polar surface area (TPSA) is 41.1 Å². The van der Waals surface area contributed by atoms with E-state index in [1.807, 2.05) is 5.32 Å². The zero-order valence-electron chi connectivity index (χ0n) is 8.14. The van der Waals surface area contributed by atoms with Crippen molar-refractivity contribution in [3.8, 4) is 0 Å². The van der Waals surface area contributed by atoms with Gasteiger partial charge in [-0.15, -0.1) is 0 Å². The molecule has 6 heteroatoms. The summed E-state index contributed by atoms with van der Waals surface area (Å²) in [6, 6.07) is 6.53. The van der Waals surface area contributed by atoms with Gasteiger partial charge in [0.2, 0.25) is 0 Å². The van der Waals surface area contributed by atoms with E-state index in [4.69, 9.17) is 0 Å². The van der Waals surface area contributed by atoms with Crippen molar-refractivity contribution in [2.24, 2.45) is 0 Å². The first-order valence-electron chi connectivity index (χ1n) is 4.64. The zero-order valence-corrected chi connectivity index (χ0v) is 8.14. The van der Waals surface area contributed by atoms with Crippen LogP contribution in [-0.4, -0.2) is 18.8 Å². The number of rotatable bonds is 1. The molecule has 1 aromatic carbocycles. The van der Waals surface area contributed by atoms with Gasteiger partial charge < -0.3 is 10.6 Å². The van der Waals surface area contributed by atoms with E-state index < -0.39 is 24.3 Å². The summed E-state index contributed by atoms with van der Waals surface area (Å²) >= 11 is 0. The normalized spacial score (nSPS) is 25.1. The Morgan fingerprint density at radius 1 is 1.19 bits per heavy atom. The van der Waals surface area contributed by atoms with Crippen molar-refractivity contribution in [1.29, 1.82) is 0 Å². The fourth-order valence-electron chi connectivity index (χ4n) is 1.73. The predicted molar refractivity (Wildman–Crippen MR) is 50.7 cm³/mol. The highest BCUT2D eigenvalue weighted by atomic mass is 19.4. The molecule has 1 atom stereocenters. The number of alkyl halides is 3. The fraction of sp³-hybridized carbons (Fsp3) is 0.300. The van der Waals surface area contributed by atoms with Gasteiger partial charge in [0.25, 0.3) is 0 Å². The number of amides is 2. The number of urea groups is 1. The molecule has 1 aliphatic heterocycles. The molecule has 1 fully saturated rings. The summed E-state index contributed by atoms with van der Waals surface area (Å²) in [5.41, 5.74) is -2.29. The van der Waals surface area contributed by atoms with Crippen LogP contribution >= 0.6 is 0 Å². The first-order valence-corrected chi connectivity index (χ1v) is 4.64. The molecule has 2 N–H and O–H groups in total. The second-order valence-corrected chi connectivity index (χ2v) is 3.58. The summed E-state index contributed by atoms with van der Waals surface area (Å²) in [7, 11) is 0. The number of halogens is 3. The monoisotopic (exact) mass is 230 g/mol. The van der Waals surface area contributed by atoms with Crippen molar-refractivity contribution in [3.05, 3.63) is 35.9 Å². The Hall–Kier alpha value is -1.72. The first kappa shape index (κ1) is 10.8. The van der Waals surface area contributed by atoms with Crippen molar-refractivity contribution >= 4 is 6.03 Å². The molecule has 0 unspecified atom stereocenters. The quantitative estimate of drug-likeness (QED) is 0.758. The van der Waals surface area contributed by atoms with Crippen LogP contribution in [0.3, 0.4) is 0 Å². The Bertz CT molecular complexity index is 404. The third-order valence-electron chi connectivity index (χ3n) is 2.59. The molecule has 1 aliphatic rings. The van der Waals surface area contributed by atoms with Crippen LogP contribution in [0, 0.1) is 0 Å². The van der Waals surface area contributed by atoms with Crippen LogP contribution in [0.4, 0.5) is 18.0 Å². The lowest BCUT2D eigenvalue weighted by atomic mass is 9.90. The third-order valence-corrected chi connectivity index (χ3v) is 2.59. The second kappa shape index (κ2) is 3.40. The summed E-state index contributed by atoms with van der Waals surface area (Å²) in [5, 5.41) is 4.09. The largest absolute Gasteiger partial charge is 0.417 e. The van der Waals surface area contributed by atoms with Crippen LogP contribution in [-0.2, 0) is 5.54 Å². The van der Waals surface area contributed by atoms with Gasteiger partial charge in [0, 0.05) is 0 Å². The maximum absolute atomic E-state index is 13.0. The van der Waals surface area contributed by atoms with Gasteiger partial charge in [-0.3, -0.25) is 0 Å². The average Bonchev–Trinajstić information content (AvgIpc) is 2.62. The van der Waals surface area contributed by atoms with Gasteiger partial charge in [-0.2, -0.15) is 13.2 Å². The number of carbonyl (C=O) groups excluding carboxylic acids is 1. The molecular weight excluding hydrogens is 221 g/mol. The molecule has 0 aliphatic carbocycles. The Labute approximate surface area is 89.6 Å². The van der Waals surface area contributed by atoms with Crippen molar-refractivity contribution in [3.63, 3.8) is 0 Å². The van der Waals surface area contributed by atoms with Gasteiger partial charge in [0.1, 0.15) is 0 Å². The lowest BCUT2D eigenvalue weighted by Gasteiger charge is -2.30. The molecule has 3 nitrogen and oxygen atoms in total. The minimum absolute atomic E-state index is 0.0286. The average molecular weight is 230 g/mol. The van der Waals surface area contributed by atoms with E-state index in [9.17, 15) is 18.0 Å². The summed E-state index contributed by atoms with van der Waals surface area (Å²) < 4.78 is 39.1. The maximum Gasteiger partial charge on any atom is 0.417 e. The second-order valence-electron chi connectivity index (χ2n) is 3.58. The predicted octanol–water partition coefficient (Wildman–Crippen LogP) is 1.76. The maximum atomic E-state index is 13.0. The van der Waals surface area contributed by atoms with Gasteiger partial charge in [-0.25, -0.2) is 4.79 Å². The molecule has 1 aromatic rings. The molecule has 86 valence electrons. The van der Waals surface area contributed by atoms with Crippen molar-refractivity contribution in [1.82, 2.24) is 10.6 Å². The highest BCUT2D eigenvalue weighted by Gasteiger charge is 2.59. The van der Waals surface area contributed by atoms with E-state index in [-0.39, 0.29) is 5.56 Å². The van der Waals surface area contributed by atoms with E-state index >= 15 is 0 Å². The Kier molecular flexibility index (Phi) is 2.29. The van der Waals surface area contributed by atoms with Crippen LogP contribution in [0.1, 0.15) is 5.56 Å². The number of hydrogen-bond acceptors (Lipinski definition) is 1. The number of benzene rings is 1. The van der Waals surface area contributed by atoms with Crippen LogP contribution < -0.4 is 10.6 Å². The van der Waals surface area contributed by atoms with E-state index in [1.165, 1.54) is 24.3 Å². The molecule has 0 radical (unpaired) electrons. The van der Waals surface area contributed by atoms with E-state index in [2.05, 4.69) is 5.32 Å². The summed E-state index contributed by atoms with van der Waals surface area (Å²) in [6.07, 6.45) is -4.53. The van der Waals surface area contributed by atoms with Crippen molar-refractivity contribution in [2.75, 3.05) is 6.54 Å². The molecule has 0 bridgehead atoms. The minimum atomic E-state index is -4.53. The number of hydrogen-bond donors (Lipinski definition) is 2. The Balaban J connectivity index is 2.49. The van der Waals surface area contributed by atoms with Gasteiger partial charge in [0.15, 0.2) is 5.54 Å². The van der Waals surface area contributed by atoms with Crippen LogP contribution in [0.5, 0.6) is 0 Å². The first-order chi connectivity index (χ1) is 7.46. The highest BCUT2D eigenvalue weighted by molar-refractivity contribution is 5.78. The van der Waals surface area contributed by atoms with Crippen LogP contribution in [0.15, 0.2) is 30.3 Å². The van der Waals surface area contributed by atoms with Gasteiger partial charge in [-0.1, -0.05) is 30.3 Å². The molecule has 1 saturated heterocycles. The molecule has 0 aromatic heterocycles. The molecule has 16 heavy (non-hydrogen) atoms. The molecule has 2 amide bonds. The lowest BCUT2D eigenvalue weighted by Crippen LogP contribution is -2.52. The van der Waals surface area contributed by atoms with Crippen molar-refractivity contribution < 1.29 is 18.0 Å². The van der Waals surface area contributed by atoms with Gasteiger partial charge in [-0.05, 0) is 5.56 Å². The van der Waals surface area contributed by atoms with E-state index in [0.29, 0.717) is 0 Å². The number of carbonyl (C=O) groups is 1. The Morgan fingerprint density at radius 3 is 2.25 bits per heavy atom. The molecule has 0 saturated carbocycles. The molecule has 1 heterocycles. The van der Waals surface area contributed by atoms with Crippen LogP contribution in [0.25, 0.3) is 0 Å². The molecule has 0 spiro atoms. The van der Waals surface area contributed by atoms with Gasteiger partial charge in [0.05, 0.1) is 6.54 Å². The smallest absolute Gasteiger partial charge is 0.335 e. The SMILES string of the molecule is O=C1NC[C@](c2ccccc2)(C(F)(F)F)N1. The number of nitrogens with one attached hydrogen (secondary N) is 2. The highest BCUT2D eigenvalue weighted by Crippen LogP contribution is 2.40. The van der Waals surface area contributed by atoms with E-state index in [1.54, 1.807) is 6.07 Å². The standard InChI is InChI=1S/C10H9F3N2O/c11-10(12,13)9(6-14-8(16)15-9)7-4-2-1-3-5-7/h1-5H,6H2,(H2,14,15,16)/t9-/m0/s1. The fourth-order valence-corrected chi connectivity index (χ4v) is 1.73. The third kappa shape index (κ3) is 1.50. The molecular formula is C10H9F3N2O. The lowest BCUT2D eigenvalue weighted by molar-refractivity contribution is -0.190. The Morgan fingerprint density at radius 2 is 1.81 bits per heavy atom. The summed E-state index contributed by atoms with van der Waals surface area (Å²) in [6.45, 7) is -0.487. The summed E-state index contributed by atoms with van der Waals surface area (Å²) in [4.78, 5) is 11.0. The van der Waals surface area contributed by atoms with Crippen LogP contribution in [0.2, 0.25) is 0 Å². The summed E-state index contributed by atoms with van der Waals surface area (Å²) in [5.74, 6) is 0. The molecule has 2 rings (SSSR count). The van der Waals surface area contributed by atoms with E-state index in [0.717, 1.165) is 0 Å². The minimum Gasteiger partial charge on any atom is -0.335 e.